The molecule has 1 aliphatic heterocycles. The lowest BCUT2D eigenvalue weighted by atomic mass is 9.95. The maximum atomic E-state index is 12.3. The van der Waals surface area contributed by atoms with E-state index in [-0.39, 0.29) is 24.3 Å². The zero-order chi connectivity index (χ0) is 16.2. The van der Waals surface area contributed by atoms with Crippen molar-refractivity contribution >= 4 is 27.9 Å². The van der Waals surface area contributed by atoms with Gasteiger partial charge in [0.05, 0.1) is 0 Å². The van der Waals surface area contributed by atoms with Gasteiger partial charge in [0.2, 0.25) is 6.79 Å². The first kappa shape index (κ1) is 15.9. The van der Waals surface area contributed by atoms with Gasteiger partial charge in [-0.1, -0.05) is 35.2 Å². The Morgan fingerprint density at radius 3 is 2.65 bits per heavy atom. The normalized spacial score (nSPS) is 17.7. The van der Waals surface area contributed by atoms with E-state index in [0.29, 0.717) is 17.1 Å². The number of nitriles is 1. The van der Waals surface area contributed by atoms with Crippen molar-refractivity contribution < 1.29 is 14.3 Å². The van der Waals surface area contributed by atoms with Gasteiger partial charge in [-0.3, -0.25) is 4.79 Å². The minimum Gasteiger partial charge on any atom is -0.454 e. The van der Waals surface area contributed by atoms with Crippen molar-refractivity contribution in [2.45, 2.75) is 38.1 Å². The Balaban J connectivity index is 1.78. The Bertz CT molecular complexity index is 688. The number of ether oxygens (including phenoxy) is 2. The van der Waals surface area contributed by atoms with Crippen LogP contribution in [0.4, 0.5) is 0 Å². The number of carbonyl (C=O) groups excluding carboxylic acids is 1. The number of benzene rings is 1. The van der Waals surface area contributed by atoms with E-state index in [1.165, 1.54) is 6.42 Å². The Labute approximate surface area is 143 Å². The smallest absolute Gasteiger partial charge is 0.262 e. The molecule has 0 spiro atoms. The van der Waals surface area contributed by atoms with E-state index in [2.05, 4.69) is 21.2 Å². The van der Waals surface area contributed by atoms with Gasteiger partial charge >= 0.3 is 0 Å². The maximum absolute atomic E-state index is 12.3. The summed E-state index contributed by atoms with van der Waals surface area (Å²) in [5.41, 5.74) is 0.805. The highest BCUT2D eigenvalue weighted by molar-refractivity contribution is 9.10. The summed E-state index contributed by atoms with van der Waals surface area (Å²) in [6, 6.07) is 5.71. The number of nitrogens with one attached hydrogen (secondary N) is 1. The summed E-state index contributed by atoms with van der Waals surface area (Å²) in [5, 5.41) is 12.3. The van der Waals surface area contributed by atoms with Crippen LogP contribution >= 0.6 is 15.9 Å². The van der Waals surface area contributed by atoms with Gasteiger partial charge in [-0.15, -0.1) is 0 Å². The molecule has 1 amide bonds. The highest BCUT2D eigenvalue weighted by Crippen LogP contribution is 2.37. The SMILES string of the molecule is N#C/C(=C\c1cc2c(cc1Br)OCO2)C(=O)NC1CCCCC1. The van der Waals surface area contributed by atoms with Gasteiger partial charge in [-0.2, -0.15) is 5.26 Å². The van der Waals surface area contributed by atoms with Crippen LogP contribution in [0.3, 0.4) is 0 Å². The van der Waals surface area contributed by atoms with Crippen LogP contribution < -0.4 is 14.8 Å². The van der Waals surface area contributed by atoms with Crippen LogP contribution in [0.5, 0.6) is 11.5 Å². The average molecular weight is 377 g/mol. The third kappa shape index (κ3) is 3.67. The number of carbonyl (C=O) groups is 1. The lowest BCUT2D eigenvalue weighted by Crippen LogP contribution is -2.36. The number of hydrogen-bond donors (Lipinski definition) is 1. The van der Waals surface area contributed by atoms with E-state index in [1.54, 1.807) is 18.2 Å². The third-order valence-electron chi connectivity index (χ3n) is 4.10. The number of nitrogens with zero attached hydrogens (tertiary/aromatic N) is 1. The average Bonchev–Trinajstić information content (AvgIpc) is 3.00. The molecular formula is C17H17BrN2O3. The number of rotatable bonds is 3. The number of fused-ring (bicyclic) bond motifs is 1. The molecule has 2 aliphatic rings. The molecule has 0 atom stereocenters. The zero-order valence-electron chi connectivity index (χ0n) is 12.6. The van der Waals surface area contributed by atoms with Gasteiger partial charge in [-0.25, -0.2) is 0 Å². The Hall–Kier alpha value is -2.00. The fourth-order valence-corrected chi connectivity index (χ4v) is 3.29. The summed E-state index contributed by atoms with van der Waals surface area (Å²) in [6.07, 6.45) is 7.02. The van der Waals surface area contributed by atoms with Crippen molar-refractivity contribution in [1.82, 2.24) is 5.32 Å². The van der Waals surface area contributed by atoms with E-state index in [1.807, 2.05) is 6.07 Å². The molecule has 1 fully saturated rings. The lowest BCUT2D eigenvalue weighted by Gasteiger charge is -2.22. The number of amides is 1. The predicted molar refractivity (Wildman–Crippen MR) is 88.9 cm³/mol. The van der Waals surface area contributed by atoms with Gasteiger partial charge in [-0.05, 0) is 36.6 Å². The quantitative estimate of drug-likeness (QED) is 0.646. The van der Waals surface area contributed by atoms with Crippen LogP contribution in [-0.2, 0) is 4.79 Å². The Kier molecular flexibility index (Phi) is 4.87. The van der Waals surface area contributed by atoms with Crippen molar-refractivity contribution in [2.75, 3.05) is 6.79 Å². The molecule has 0 aromatic heterocycles. The second-order valence-electron chi connectivity index (χ2n) is 5.71. The number of hydrogen-bond acceptors (Lipinski definition) is 4. The second-order valence-corrected chi connectivity index (χ2v) is 6.56. The monoisotopic (exact) mass is 376 g/mol. The van der Waals surface area contributed by atoms with Gasteiger partial charge in [0.15, 0.2) is 11.5 Å². The van der Waals surface area contributed by atoms with E-state index < -0.39 is 0 Å². The maximum Gasteiger partial charge on any atom is 0.262 e. The van der Waals surface area contributed by atoms with Gasteiger partial charge < -0.3 is 14.8 Å². The summed E-state index contributed by atoms with van der Waals surface area (Å²) in [6.45, 7) is 0.183. The van der Waals surface area contributed by atoms with Crippen LogP contribution in [0.1, 0.15) is 37.7 Å². The van der Waals surface area contributed by atoms with Crippen molar-refractivity contribution in [2.24, 2.45) is 0 Å². The second kappa shape index (κ2) is 7.05. The van der Waals surface area contributed by atoms with Crippen LogP contribution in [0.15, 0.2) is 22.2 Å². The van der Waals surface area contributed by atoms with Crippen LogP contribution in [0.25, 0.3) is 6.08 Å². The van der Waals surface area contributed by atoms with Crippen molar-refractivity contribution in [3.8, 4) is 17.6 Å². The van der Waals surface area contributed by atoms with E-state index in [0.717, 1.165) is 30.2 Å². The molecule has 120 valence electrons. The molecule has 1 saturated carbocycles. The van der Waals surface area contributed by atoms with Gasteiger partial charge in [0, 0.05) is 10.5 Å². The van der Waals surface area contributed by atoms with Crippen molar-refractivity contribution in [1.29, 1.82) is 5.26 Å². The fourth-order valence-electron chi connectivity index (χ4n) is 2.86. The molecule has 1 aromatic carbocycles. The highest BCUT2D eigenvalue weighted by Gasteiger charge is 2.20. The van der Waals surface area contributed by atoms with E-state index in [4.69, 9.17) is 9.47 Å². The molecule has 0 saturated heterocycles. The molecule has 1 aliphatic carbocycles. The summed E-state index contributed by atoms with van der Waals surface area (Å²) >= 11 is 3.43. The molecule has 1 heterocycles. The van der Waals surface area contributed by atoms with Crippen LogP contribution in [-0.4, -0.2) is 18.7 Å². The summed E-state index contributed by atoms with van der Waals surface area (Å²) in [4.78, 5) is 12.3. The molecule has 0 bridgehead atoms. The van der Waals surface area contributed by atoms with Gasteiger partial charge in [0.25, 0.3) is 5.91 Å². The van der Waals surface area contributed by atoms with Crippen LogP contribution in [0.2, 0.25) is 0 Å². The minimum atomic E-state index is -0.316. The lowest BCUT2D eigenvalue weighted by molar-refractivity contribution is -0.117. The summed E-state index contributed by atoms with van der Waals surface area (Å²) in [5.74, 6) is 0.951. The predicted octanol–water partition coefficient (Wildman–Crippen LogP) is 3.53. The molecule has 6 heteroatoms. The Morgan fingerprint density at radius 1 is 1.26 bits per heavy atom. The van der Waals surface area contributed by atoms with Crippen molar-refractivity contribution in [3.05, 3.63) is 27.7 Å². The van der Waals surface area contributed by atoms with Crippen molar-refractivity contribution in [3.63, 3.8) is 0 Å². The zero-order valence-corrected chi connectivity index (χ0v) is 14.2. The first-order valence-electron chi connectivity index (χ1n) is 7.69. The highest BCUT2D eigenvalue weighted by atomic mass is 79.9. The first-order valence-corrected chi connectivity index (χ1v) is 8.48. The van der Waals surface area contributed by atoms with E-state index in [9.17, 15) is 10.1 Å². The Morgan fingerprint density at radius 2 is 1.96 bits per heavy atom. The van der Waals surface area contributed by atoms with E-state index >= 15 is 0 Å². The molecule has 1 aromatic rings. The summed E-state index contributed by atoms with van der Waals surface area (Å²) < 4.78 is 11.4. The molecule has 0 unspecified atom stereocenters. The largest absolute Gasteiger partial charge is 0.454 e. The third-order valence-corrected chi connectivity index (χ3v) is 4.78. The molecular weight excluding hydrogens is 360 g/mol. The molecule has 23 heavy (non-hydrogen) atoms. The molecule has 1 N–H and O–H groups in total. The minimum absolute atomic E-state index is 0.0927. The number of halogens is 1. The molecule has 0 radical (unpaired) electrons. The fraction of sp³-hybridized carbons (Fsp3) is 0.412. The molecule has 3 rings (SSSR count). The summed E-state index contributed by atoms with van der Waals surface area (Å²) in [7, 11) is 0. The van der Waals surface area contributed by atoms with Gasteiger partial charge in [0.1, 0.15) is 11.6 Å². The molecule has 5 nitrogen and oxygen atoms in total. The van der Waals surface area contributed by atoms with Crippen LogP contribution in [0, 0.1) is 11.3 Å². The topological polar surface area (TPSA) is 71.3 Å². The standard InChI is InChI=1S/C17H17BrN2O3/c18-14-8-16-15(22-10-23-16)7-11(14)6-12(9-19)17(21)20-13-4-2-1-3-5-13/h6-8,13H,1-5,10H2,(H,20,21)/b12-6+. The first-order chi connectivity index (χ1) is 11.2.